The Balaban J connectivity index is 3.04. The number of carbonyl (C=O) groups is 1. The van der Waals surface area contributed by atoms with E-state index in [-0.39, 0.29) is 17.4 Å². The molecule has 1 aromatic rings. The number of carbonyl (C=O) groups excluding carboxylic acids is 1. The second kappa shape index (κ2) is 5.18. The average Bonchev–Trinajstić information content (AvgIpc) is 2.23. The van der Waals surface area contributed by atoms with Crippen LogP contribution in [-0.2, 0) is 9.53 Å². The van der Waals surface area contributed by atoms with Gasteiger partial charge >= 0.3 is 5.97 Å². The summed E-state index contributed by atoms with van der Waals surface area (Å²) >= 11 is 5.70. The van der Waals surface area contributed by atoms with Crippen LogP contribution in [0.15, 0.2) is 12.1 Å². The highest BCUT2D eigenvalue weighted by molar-refractivity contribution is 6.32. The third kappa shape index (κ3) is 2.65. The van der Waals surface area contributed by atoms with Crippen molar-refractivity contribution in [1.29, 1.82) is 0 Å². The second-order valence-electron chi connectivity index (χ2n) is 3.31. The van der Waals surface area contributed by atoms with E-state index in [1.807, 2.05) is 0 Å². The summed E-state index contributed by atoms with van der Waals surface area (Å²) in [6.45, 7) is 3.51. The van der Waals surface area contributed by atoms with E-state index < -0.39 is 12.1 Å². The Morgan fingerprint density at radius 3 is 2.75 bits per heavy atom. The van der Waals surface area contributed by atoms with E-state index in [1.54, 1.807) is 13.8 Å². The number of benzene rings is 1. The molecule has 88 valence electrons. The molecule has 2 N–H and O–H groups in total. The first-order valence-corrected chi connectivity index (χ1v) is 5.18. The number of aliphatic hydroxyl groups excluding tert-OH is 1. The van der Waals surface area contributed by atoms with Crippen molar-refractivity contribution in [2.75, 3.05) is 6.61 Å². The van der Waals surface area contributed by atoms with E-state index in [1.165, 1.54) is 12.1 Å². The van der Waals surface area contributed by atoms with Crippen molar-refractivity contribution in [1.82, 2.24) is 0 Å². The number of aliphatic hydroxyl groups is 1. The minimum atomic E-state index is -1.38. The number of esters is 1. The van der Waals surface area contributed by atoms with E-state index in [4.69, 9.17) is 11.6 Å². The predicted molar refractivity (Wildman–Crippen MR) is 59.4 cm³/mol. The SMILES string of the molecule is CCOC(=O)C(O)c1cc(Cl)c(O)cc1C. The molecule has 0 saturated carbocycles. The Morgan fingerprint density at radius 1 is 1.56 bits per heavy atom. The Kier molecular flexibility index (Phi) is 4.15. The fourth-order valence-electron chi connectivity index (χ4n) is 1.32. The van der Waals surface area contributed by atoms with Crippen molar-refractivity contribution in [2.45, 2.75) is 20.0 Å². The van der Waals surface area contributed by atoms with E-state index in [0.717, 1.165) is 0 Å². The average molecular weight is 245 g/mol. The number of hydrogen-bond acceptors (Lipinski definition) is 4. The molecule has 0 aliphatic carbocycles. The quantitative estimate of drug-likeness (QED) is 0.798. The van der Waals surface area contributed by atoms with Gasteiger partial charge in [-0.3, -0.25) is 0 Å². The van der Waals surface area contributed by atoms with Crippen LogP contribution in [0, 0.1) is 6.92 Å². The van der Waals surface area contributed by atoms with Crippen molar-refractivity contribution >= 4 is 17.6 Å². The van der Waals surface area contributed by atoms with E-state index in [9.17, 15) is 15.0 Å². The van der Waals surface area contributed by atoms with Gasteiger partial charge in [0, 0.05) is 0 Å². The predicted octanol–water partition coefficient (Wildman–Crippen LogP) is 1.95. The number of hydrogen-bond donors (Lipinski definition) is 2. The number of ether oxygens (including phenoxy) is 1. The minimum Gasteiger partial charge on any atom is -0.506 e. The van der Waals surface area contributed by atoms with Crippen molar-refractivity contribution in [3.05, 3.63) is 28.3 Å². The van der Waals surface area contributed by atoms with Crippen LogP contribution in [0.5, 0.6) is 5.75 Å². The maximum atomic E-state index is 11.3. The smallest absolute Gasteiger partial charge is 0.339 e. The molecule has 0 aliphatic rings. The number of phenols is 1. The Morgan fingerprint density at radius 2 is 2.19 bits per heavy atom. The Hall–Kier alpha value is -1.26. The van der Waals surface area contributed by atoms with E-state index in [2.05, 4.69) is 4.74 Å². The van der Waals surface area contributed by atoms with Crippen LogP contribution in [0.25, 0.3) is 0 Å². The van der Waals surface area contributed by atoms with Gasteiger partial charge in [0.25, 0.3) is 0 Å². The van der Waals surface area contributed by atoms with Gasteiger partial charge in [-0.05, 0) is 37.1 Å². The van der Waals surface area contributed by atoms with E-state index in [0.29, 0.717) is 11.1 Å². The summed E-state index contributed by atoms with van der Waals surface area (Å²) in [5, 5.41) is 19.1. The first kappa shape index (κ1) is 12.8. The molecule has 0 saturated heterocycles. The van der Waals surface area contributed by atoms with Crippen LogP contribution in [0.1, 0.15) is 24.2 Å². The molecular weight excluding hydrogens is 232 g/mol. The van der Waals surface area contributed by atoms with Crippen LogP contribution in [-0.4, -0.2) is 22.8 Å². The van der Waals surface area contributed by atoms with Crippen molar-refractivity contribution in [2.24, 2.45) is 0 Å². The van der Waals surface area contributed by atoms with Gasteiger partial charge in [0.1, 0.15) is 5.75 Å². The summed E-state index contributed by atoms with van der Waals surface area (Å²) in [4.78, 5) is 11.3. The van der Waals surface area contributed by atoms with Gasteiger partial charge in [0.05, 0.1) is 11.6 Å². The second-order valence-corrected chi connectivity index (χ2v) is 3.72. The zero-order chi connectivity index (χ0) is 12.3. The summed E-state index contributed by atoms with van der Waals surface area (Å²) < 4.78 is 4.69. The fraction of sp³-hybridized carbons (Fsp3) is 0.364. The van der Waals surface area contributed by atoms with Gasteiger partial charge < -0.3 is 14.9 Å². The molecule has 0 radical (unpaired) electrons. The van der Waals surface area contributed by atoms with Crippen molar-refractivity contribution in [3.8, 4) is 5.75 Å². The molecule has 0 fully saturated rings. The molecule has 1 aromatic carbocycles. The molecule has 0 amide bonds. The molecule has 0 aliphatic heterocycles. The van der Waals surface area contributed by atoms with Crippen molar-refractivity contribution < 1.29 is 19.7 Å². The zero-order valence-corrected chi connectivity index (χ0v) is 9.78. The van der Waals surface area contributed by atoms with Gasteiger partial charge in [0.15, 0.2) is 6.10 Å². The number of phenolic OH excluding ortho intramolecular Hbond substituents is 1. The first-order chi connectivity index (χ1) is 7.47. The lowest BCUT2D eigenvalue weighted by Gasteiger charge is -2.13. The maximum Gasteiger partial charge on any atom is 0.339 e. The van der Waals surface area contributed by atoms with Gasteiger partial charge in [-0.15, -0.1) is 0 Å². The number of aryl methyl sites for hydroxylation is 1. The topological polar surface area (TPSA) is 66.8 Å². The summed E-state index contributed by atoms with van der Waals surface area (Å²) in [7, 11) is 0. The lowest BCUT2D eigenvalue weighted by atomic mass is 10.0. The van der Waals surface area contributed by atoms with Crippen LogP contribution in [0.4, 0.5) is 0 Å². The summed E-state index contributed by atoms with van der Waals surface area (Å²) in [5.41, 5.74) is 0.906. The number of rotatable bonds is 3. The highest BCUT2D eigenvalue weighted by Crippen LogP contribution is 2.30. The van der Waals surface area contributed by atoms with Crippen LogP contribution in [0.2, 0.25) is 5.02 Å². The zero-order valence-electron chi connectivity index (χ0n) is 9.03. The van der Waals surface area contributed by atoms with E-state index >= 15 is 0 Å². The summed E-state index contributed by atoms with van der Waals surface area (Å²) in [6, 6.07) is 2.74. The maximum absolute atomic E-state index is 11.3. The van der Waals surface area contributed by atoms with Gasteiger partial charge in [-0.2, -0.15) is 0 Å². The number of aromatic hydroxyl groups is 1. The lowest BCUT2D eigenvalue weighted by molar-refractivity contribution is -0.153. The third-order valence-electron chi connectivity index (χ3n) is 2.14. The molecule has 4 nitrogen and oxygen atoms in total. The summed E-state index contributed by atoms with van der Waals surface area (Å²) in [5.74, 6) is -0.814. The van der Waals surface area contributed by atoms with Gasteiger partial charge in [-0.1, -0.05) is 11.6 Å². The standard InChI is InChI=1S/C11H13ClO4/c1-3-16-11(15)10(14)7-5-8(12)9(13)4-6(7)2/h4-5,10,13-14H,3H2,1-2H3. The molecule has 1 rings (SSSR count). The molecular formula is C11H13ClO4. The molecule has 1 atom stereocenters. The number of halogens is 1. The summed E-state index contributed by atoms with van der Waals surface area (Å²) in [6.07, 6.45) is -1.38. The molecule has 5 heteroatoms. The first-order valence-electron chi connectivity index (χ1n) is 4.81. The van der Waals surface area contributed by atoms with Crippen LogP contribution >= 0.6 is 11.6 Å². The van der Waals surface area contributed by atoms with Crippen molar-refractivity contribution in [3.63, 3.8) is 0 Å². The normalized spacial score (nSPS) is 12.2. The Bertz CT molecular complexity index is 403. The molecule has 0 aromatic heterocycles. The molecule has 1 unspecified atom stereocenters. The molecule has 16 heavy (non-hydrogen) atoms. The van der Waals surface area contributed by atoms with Gasteiger partial charge in [0.2, 0.25) is 0 Å². The molecule has 0 heterocycles. The largest absolute Gasteiger partial charge is 0.506 e. The minimum absolute atomic E-state index is 0.0843. The van der Waals surface area contributed by atoms with Crippen LogP contribution in [0.3, 0.4) is 0 Å². The lowest BCUT2D eigenvalue weighted by Crippen LogP contribution is -2.16. The van der Waals surface area contributed by atoms with Crippen LogP contribution < -0.4 is 0 Å². The monoisotopic (exact) mass is 244 g/mol. The highest BCUT2D eigenvalue weighted by Gasteiger charge is 2.21. The molecule has 0 spiro atoms. The molecule has 0 bridgehead atoms. The third-order valence-corrected chi connectivity index (χ3v) is 2.44. The highest BCUT2D eigenvalue weighted by atomic mass is 35.5. The Labute approximate surface area is 98.4 Å². The van der Waals surface area contributed by atoms with Gasteiger partial charge in [-0.25, -0.2) is 4.79 Å². The fourth-order valence-corrected chi connectivity index (χ4v) is 1.50.